The van der Waals surface area contributed by atoms with Crippen LogP contribution in [-0.2, 0) is 6.54 Å². The molecule has 27 heavy (non-hydrogen) atoms. The van der Waals surface area contributed by atoms with E-state index in [0.717, 1.165) is 18.7 Å². The number of amides is 1. The fourth-order valence-electron chi connectivity index (χ4n) is 2.64. The Balaban J connectivity index is 1.49. The van der Waals surface area contributed by atoms with Crippen LogP contribution < -0.4 is 16.4 Å². The van der Waals surface area contributed by atoms with Gasteiger partial charge in [0.1, 0.15) is 0 Å². The minimum absolute atomic E-state index is 0.173. The minimum atomic E-state index is -0.173. The molecule has 0 aliphatic heterocycles. The maximum atomic E-state index is 12.3. The van der Waals surface area contributed by atoms with E-state index in [1.165, 1.54) is 5.56 Å². The molecular formula is C23H23N3O. The van der Waals surface area contributed by atoms with Crippen molar-refractivity contribution in [2.24, 2.45) is 0 Å². The monoisotopic (exact) mass is 357 g/mol. The van der Waals surface area contributed by atoms with Gasteiger partial charge in [0.25, 0.3) is 5.91 Å². The first kappa shape index (κ1) is 18.4. The number of nitrogen functional groups attached to an aromatic ring is 1. The fraction of sp³-hybridized carbons (Fsp3) is 0.0870. The molecule has 4 heteroatoms. The highest BCUT2D eigenvalue weighted by molar-refractivity contribution is 6.05. The third kappa shape index (κ3) is 5.56. The lowest BCUT2D eigenvalue weighted by atomic mass is 10.1. The zero-order chi connectivity index (χ0) is 18.9. The molecule has 3 aromatic rings. The molecule has 0 bridgehead atoms. The van der Waals surface area contributed by atoms with Crippen molar-refractivity contribution in [2.45, 2.75) is 6.54 Å². The van der Waals surface area contributed by atoms with Gasteiger partial charge in [-0.3, -0.25) is 4.79 Å². The zero-order valence-corrected chi connectivity index (χ0v) is 15.1. The molecule has 3 rings (SSSR count). The molecule has 4 N–H and O–H groups in total. The second-order valence-electron chi connectivity index (χ2n) is 6.18. The van der Waals surface area contributed by atoms with E-state index in [1.54, 1.807) is 12.1 Å². The molecule has 0 spiro atoms. The summed E-state index contributed by atoms with van der Waals surface area (Å²) < 4.78 is 0. The number of hydrogen-bond donors (Lipinski definition) is 3. The van der Waals surface area contributed by atoms with Gasteiger partial charge in [-0.25, -0.2) is 0 Å². The van der Waals surface area contributed by atoms with Gasteiger partial charge in [-0.1, -0.05) is 66.7 Å². The van der Waals surface area contributed by atoms with Gasteiger partial charge in [-0.15, -0.1) is 0 Å². The number of nitrogens with two attached hydrogens (primary N) is 1. The van der Waals surface area contributed by atoms with Crippen molar-refractivity contribution in [3.05, 3.63) is 102 Å². The van der Waals surface area contributed by atoms with Gasteiger partial charge in [0, 0.05) is 18.7 Å². The molecule has 0 aromatic heterocycles. The number of hydrogen-bond acceptors (Lipinski definition) is 3. The summed E-state index contributed by atoms with van der Waals surface area (Å²) in [5.74, 6) is -0.173. The highest BCUT2D eigenvalue weighted by atomic mass is 16.1. The molecular weight excluding hydrogens is 334 g/mol. The molecule has 0 unspecified atom stereocenters. The van der Waals surface area contributed by atoms with Crippen LogP contribution in [0.3, 0.4) is 0 Å². The SMILES string of the molecule is Nc1ccccc1NC(=O)c1ccc(C=CCNCc2ccccc2)cc1. The van der Waals surface area contributed by atoms with Crippen molar-refractivity contribution < 1.29 is 4.79 Å². The van der Waals surface area contributed by atoms with Gasteiger partial charge in [0.2, 0.25) is 0 Å². The number of para-hydroxylation sites is 2. The van der Waals surface area contributed by atoms with Crippen molar-refractivity contribution in [3.8, 4) is 0 Å². The summed E-state index contributed by atoms with van der Waals surface area (Å²) in [4.78, 5) is 12.3. The molecule has 0 fully saturated rings. The molecule has 3 aromatic carbocycles. The largest absolute Gasteiger partial charge is 0.397 e. The lowest BCUT2D eigenvalue weighted by Crippen LogP contribution is -2.13. The normalized spacial score (nSPS) is 10.8. The van der Waals surface area contributed by atoms with Crippen LogP contribution in [0.4, 0.5) is 11.4 Å². The summed E-state index contributed by atoms with van der Waals surface area (Å²) in [5.41, 5.74) is 9.94. The molecule has 0 saturated carbocycles. The molecule has 0 saturated heterocycles. The Morgan fingerprint density at radius 3 is 2.33 bits per heavy atom. The smallest absolute Gasteiger partial charge is 0.255 e. The Kier molecular flexibility index (Phi) is 6.39. The number of rotatable bonds is 7. The molecule has 4 nitrogen and oxygen atoms in total. The number of carbonyl (C=O) groups is 1. The lowest BCUT2D eigenvalue weighted by molar-refractivity contribution is 0.102. The predicted molar refractivity (Wildman–Crippen MR) is 112 cm³/mol. The summed E-state index contributed by atoms with van der Waals surface area (Å²) in [6.45, 7) is 1.62. The van der Waals surface area contributed by atoms with Gasteiger partial charge in [-0.05, 0) is 35.4 Å². The van der Waals surface area contributed by atoms with Crippen molar-refractivity contribution in [2.75, 3.05) is 17.6 Å². The Morgan fingerprint density at radius 1 is 0.889 bits per heavy atom. The van der Waals surface area contributed by atoms with Crippen LogP contribution in [-0.4, -0.2) is 12.5 Å². The Morgan fingerprint density at radius 2 is 1.59 bits per heavy atom. The van der Waals surface area contributed by atoms with Crippen LogP contribution in [0.1, 0.15) is 21.5 Å². The van der Waals surface area contributed by atoms with Gasteiger partial charge < -0.3 is 16.4 Å². The van der Waals surface area contributed by atoms with E-state index in [9.17, 15) is 4.79 Å². The highest BCUT2D eigenvalue weighted by Crippen LogP contribution is 2.18. The van der Waals surface area contributed by atoms with Crippen molar-refractivity contribution in [1.82, 2.24) is 5.32 Å². The number of anilines is 2. The average molecular weight is 357 g/mol. The highest BCUT2D eigenvalue weighted by Gasteiger charge is 2.07. The molecule has 0 heterocycles. The van der Waals surface area contributed by atoms with E-state index in [1.807, 2.05) is 60.7 Å². The van der Waals surface area contributed by atoms with Crippen LogP contribution in [0.15, 0.2) is 84.9 Å². The quantitative estimate of drug-likeness (QED) is 0.436. The lowest BCUT2D eigenvalue weighted by Gasteiger charge is -2.08. The summed E-state index contributed by atoms with van der Waals surface area (Å²) in [7, 11) is 0. The Hall–Kier alpha value is -3.37. The van der Waals surface area contributed by atoms with Crippen LogP contribution in [0.25, 0.3) is 6.08 Å². The first-order valence-corrected chi connectivity index (χ1v) is 8.89. The number of nitrogens with one attached hydrogen (secondary N) is 2. The summed E-state index contributed by atoms with van der Waals surface area (Å²) >= 11 is 0. The third-order valence-corrected chi connectivity index (χ3v) is 4.13. The van der Waals surface area contributed by atoms with E-state index in [4.69, 9.17) is 5.73 Å². The molecule has 136 valence electrons. The van der Waals surface area contributed by atoms with Crippen molar-refractivity contribution >= 4 is 23.4 Å². The standard InChI is InChI=1S/C23H23N3O/c24-21-10-4-5-11-22(21)26-23(27)20-14-12-18(13-15-20)9-6-16-25-17-19-7-2-1-3-8-19/h1-15,25H,16-17,24H2,(H,26,27). The summed E-state index contributed by atoms with van der Waals surface area (Å²) in [5, 5.41) is 6.20. The van der Waals surface area contributed by atoms with Crippen LogP contribution in [0, 0.1) is 0 Å². The molecule has 0 aliphatic rings. The second kappa shape index (κ2) is 9.36. The van der Waals surface area contributed by atoms with Crippen molar-refractivity contribution in [3.63, 3.8) is 0 Å². The van der Waals surface area contributed by atoms with Crippen molar-refractivity contribution in [1.29, 1.82) is 0 Å². The van der Waals surface area contributed by atoms with Gasteiger partial charge in [0.05, 0.1) is 11.4 Å². The summed E-state index contributed by atoms with van der Waals surface area (Å²) in [6, 6.07) is 25.0. The number of carbonyl (C=O) groups excluding carboxylic acids is 1. The maximum Gasteiger partial charge on any atom is 0.255 e. The Labute approximate surface area is 159 Å². The van der Waals surface area contributed by atoms with Crippen LogP contribution in [0.2, 0.25) is 0 Å². The molecule has 0 radical (unpaired) electrons. The van der Waals surface area contributed by atoms with E-state index in [2.05, 4.69) is 28.8 Å². The number of benzene rings is 3. The van der Waals surface area contributed by atoms with Crippen LogP contribution >= 0.6 is 0 Å². The molecule has 1 amide bonds. The van der Waals surface area contributed by atoms with Gasteiger partial charge in [0.15, 0.2) is 0 Å². The second-order valence-corrected chi connectivity index (χ2v) is 6.18. The Bertz CT molecular complexity index is 902. The van der Waals surface area contributed by atoms with E-state index >= 15 is 0 Å². The average Bonchev–Trinajstić information content (AvgIpc) is 2.71. The first-order chi connectivity index (χ1) is 13.2. The fourth-order valence-corrected chi connectivity index (χ4v) is 2.64. The van der Waals surface area contributed by atoms with E-state index in [-0.39, 0.29) is 5.91 Å². The van der Waals surface area contributed by atoms with E-state index in [0.29, 0.717) is 16.9 Å². The zero-order valence-electron chi connectivity index (χ0n) is 15.1. The summed E-state index contributed by atoms with van der Waals surface area (Å²) in [6.07, 6.45) is 4.11. The molecule has 0 aliphatic carbocycles. The topological polar surface area (TPSA) is 67.1 Å². The third-order valence-electron chi connectivity index (χ3n) is 4.13. The van der Waals surface area contributed by atoms with Gasteiger partial charge in [-0.2, -0.15) is 0 Å². The van der Waals surface area contributed by atoms with Gasteiger partial charge >= 0.3 is 0 Å². The van der Waals surface area contributed by atoms with E-state index < -0.39 is 0 Å². The molecule has 0 atom stereocenters. The van der Waals surface area contributed by atoms with Crippen LogP contribution in [0.5, 0.6) is 0 Å². The predicted octanol–water partition coefficient (Wildman–Crippen LogP) is 4.32. The minimum Gasteiger partial charge on any atom is -0.397 e. The first-order valence-electron chi connectivity index (χ1n) is 8.89. The maximum absolute atomic E-state index is 12.3.